The summed E-state index contributed by atoms with van der Waals surface area (Å²) < 4.78 is 37.2. The average molecular weight is 466 g/mol. The highest BCUT2D eigenvalue weighted by Gasteiger charge is 2.41. The maximum Gasteiger partial charge on any atom is 0.412 e. The number of halogens is 2. The van der Waals surface area contributed by atoms with E-state index in [-0.39, 0.29) is 11.6 Å². The Morgan fingerprint density at radius 1 is 1.19 bits per heavy atom. The molecule has 0 radical (unpaired) electrons. The molecular weight excluding hydrogens is 446 g/mol. The van der Waals surface area contributed by atoms with Crippen molar-refractivity contribution in [3.63, 3.8) is 0 Å². The van der Waals surface area contributed by atoms with Gasteiger partial charge in [0.15, 0.2) is 11.6 Å². The lowest BCUT2D eigenvalue weighted by Gasteiger charge is -2.35. The Morgan fingerprint density at radius 2 is 1.94 bits per heavy atom. The molecular formula is C19H20F2N6O4S. The number of benzene rings is 1. The van der Waals surface area contributed by atoms with E-state index in [1.807, 2.05) is 4.90 Å². The van der Waals surface area contributed by atoms with E-state index in [0.29, 0.717) is 43.3 Å². The lowest BCUT2D eigenvalue weighted by atomic mass is 10.2. The first-order valence-electron chi connectivity index (χ1n) is 9.63. The number of carbonyl (C=O) groups is 2. The van der Waals surface area contributed by atoms with Gasteiger partial charge in [-0.25, -0.2) is 28.3 Å². The van der Waals surface area contributed by atoms with Crippen molar-refractivity contribution >= 4 is 29.6 Å². The number of carbonyl (C=O) groups excluding carboxylic acids is 2. The molecule has 4 rings (SSSR count). The number of hydrogen-bond acceptors (Lipinski definition) is 8. The molecule has 2 aliphatic heterocycles. The number of nitrogens with zero attached hydrogens (tertiary/aromatic N) is 5. The maximum atomic E-state index is 13.4. The van der Waals surface area contributed by atoms with Crippen LogP contribution < -0.4 is 15.4 Å². The lowest BCUT2D eigenvalue weighted by Crippen LogP contribution is -2.50. The van der Waals surface area contributed by atoms with Gasteiger partial charge in [0, 0.05) is 32.7 Å². The zero-order valence-corrected chi connectivity index (χ0v) is 17.8. The number of aromatic nitrogens is 2. The van der Waals surface area contributed by atoms with Crippen molar-refractivity contribution in [3.8, 4) is 5.88 Å². The standard InChI is InChI=1S/C19H20F2N6O4S/c1-30-15-14-16(24-10-23-15)32-19(27(14)17(22)28)31-18(29)26-6-4-25(5-7-26)9-11-2-3-12(20)13(21)8-11/h2-3,8,10,19H,4-7,9H2,1H3,(H2,22,28). The summed E-state index contributed by atoms with van der Waals surface area (Å²) in [4.78, 5) is 37.4. The average Bonchev–Trinajstić information content (AvgIpc) is 3.15. The molecule has 0 aliphatic carbocycles. The van der Waals surface area contributed by atoms with Gasteiger partial charge in [-0.15, -0.1) is 0 Å². The number of amides is 3. The molecule has 3 amide bonds. The molecule has 1 unspecified atom stereocenters. The van der Waals surface area contributed by atoms with Gasteiger partial charge in [0.25, 0.3) is 0 Å². The van der Waals surface area contributed by atoms with Crippen LogP contribution in [0.25, 0.3) is 0 Å². The second kappa shape index (κ2) is 9.12. The Balaban J connectivity index is 1.36. The molecule has 1 aromatic heterocycles. The fraction of sp³-hybridized carbons (Fsp3) is 0.368. The monoisotopic (exact) mass is 466 g/mol. The first-order valence-corrected chi connectivity index (χ1v) is 10.5. The second-order valence-corrected chi connectivity index (χ2v) is 8.09. The van der Waals surface area contributed by atoms with Gasteiger partial charge in [-0.2, -0.15) is 4.98 Å². The van der Waals surface area contributed by atoms with Crippen LogP contribution >= 0.6 is 11.8 Å². The van der Waals surface area contributed by atoms with Crippen LogP contribution in [0.5, 0.6) is 5.88 Å². The van der Waals surface area contributed by atoms with Crippen molar-refractivity contribution < 1.29 is 27.8 Å². The first kappa shape index (κ1) is 22.0. The van der Waals surface area contributed by atoms with E-state index in [9.17, 15) is 18.4 Å². The van der Waals surface area contributed by atoms with Crippen molar-refractivity contribution in [1.82, 2.24) is 19.8 Å². The summed E-state index contributed by atoms with van der Waals surface area (Å²) in [7, 11) is 1.39. The molecule has 0 bridgehead atoms. The summed E-state index contributed by atoms with van der Waals surface area (Å²) in [5, 5.41) is 0.407. The van der Waals surface area contributed by atoms with Gasteiger partial charge < -0.3 is 20.1 Å². The molecule has 3 heterocycles. The van der Waals surface area contributed by atoms with Crippen molar-refractivity contribution in [2.75, 3.05) is 38.2 Å². The zero-order chi connectivity index (χ0) is 22.8. The van der Waals surface area contributed by atoms with E-state index in [2.05, 4.69) is 9.97 Å². The summed E-state index contributed by atoms with van der Waals surface area (Å²) in [6.07, 6.45) is 0.668. The summed E-state index contributed by atoms with van der Waals surface area (Å²) in [6.45, 7) is 2.21. The molecule has 10 nitrogen and oxygen atoms in total. The number of fused-ring (bicyclic) bond motifs is 1. The van der Waals surface area contributed by atoms with E-state index >= 15 is 0 Å². The van der Waals surface area contributed by atoms with Crippen LogP contribution in [0.1, 0.15) is 5.56 Å². The van der Waals surface area contributed by atoms with Crippen LogP contribution in [0.4, 0.5) is 24.1 Å². The molecule has 170 valence electrons. The number of ether oxygens (including phenoxy) is 2. The minimum absolute atomic E-state index is 0.144. The number of primary amides is 1. The maximum absolute atomic E-state index is 13.4. The van der Waals surface area contributed by atoms with Gasteiger partial charge in [0.2, 0.25) is 11.4 Å². The largest absolute Gasteiger partial charge is 0.479 e. The van der Waals surface area contributed by atoms with Crippen molar-refractivity contribution in [2.24, 2.45) is 5.73 Å². The first-order chi connectivity index (χ1) is 15.4. The molecule has 2 aliphatic rings. The van der Waals surface area contributed by atoms with E-state index in [0.717, 1.165) is 22.7 Å². The van der Waals surface area contributed by atoms with Gasteiger partial charge in [0.1, 0.15) is 17.0 Å². The highest BCUT2D eigenvalue weighted by molar-refractivity contribution is 8.00. The van der Waals surface area contributed by atoms with E-state index in [1.165, 1.54) is 30.5 Å². The van der Waals surface area contributed by atoms with Gasteiger partial charge in [-0.1, -0.05) is 6.07 Å². The Morgan fingerprint density at radius 3 is 2.59 bits per heavy atom. The van der Waals surface area contributed by atoms with Crippen LogP contribution in [0.2, 0.25) is 0 Å². The molecule has 32 heavy (non-hydrogen) atoms. The van der Waals surface area contributed by atoms with Crippen molar-refractivity contribution in [1.29, 1.82) is 0 Å². The van der Waals surface area contributed by atoms with Gasteiger partial charge >= 0.3 is 12.1 Å². The number of rotatable bonds is 4. The number of anilines is 1. The SMILES string of the molecule is COc1ncnc2c1N(C(N)=O)C(OC(=O)N1CCN(Cc3ccc(F)c(F)c3)CC1)S2. The molecule has 1 aromatic carbocycles. The number of thioether (sulfide) groups is 1. The van der Waals surface area contributed by atoms with Gasteiger partial charge in [-0.3, -0.25) is 4.90 Å². The van der Waals surface area contributed by atoms with Crippen LogP contribution in [-0.2, 0) is 11.3 Å². The third-order valence-corrected chi connectivity index (χ3v) is 6.10. The van der Waals surface area contributed by atoms with Gasteiger partial charge in [0.05, 0.1) is 7.11 Å². The van der Waals surface area contributed by atoms with Crippen LogP contribution in [0, 0.1) is 11.6 Å². The quantitative estimate of drug-likeness (QED) is 0.681. The fourth-order valence-corrected chi connectivity index (χ4v) is 4.52. The molecule has 1 saturated heterocycles. The molecule has 1 fully saturated rings. The summed E-state index contributed by atoms with van der Waals surface area (Å²) in [6, 6.07) is 2.96. The fourth-order valence-electron chi connectivity index (χ4n) is 3.48. The molecule has 0 spiro atoms. The Kier molecular flexibility index (Phi) is 6.28. The molecule has 0 saturated carbocycles. The van der Waals surface area contributed by atoms with E-state index in [1.54, 1.807) is 0 Å². The topological polar surface area (TPSA) is 114 Å². The molecule has 1 atom stereocenters. The third-order valence-electron chi connectivity index (χ3n) is 5.07. The highest BCUT2D eigenvalue weighted by atomic mass is 32.2. The van der Waals surface area contributed by atoms with Crippen molar-refractivity contribution in [2.45, 2.75) is 17.1 Å². The van der Waals surface area contributed by atoms with E-state index < -0.39 is 29.3 Å². The molecule has 13 heteroatoms. The Bertz CT molecular complexity index is 1040. The second-order valence-electron chi connectivity index (χ2n) is 7.07. The molecule has 2 N–H and O–H groups in total. The van der Waals surface area contributed by atoms with E-state index in [4.69, 9.17) is 15.2 Å². The minimum Gasteiger partial charge on any atom is -0.479 e. The Labute approximate surface area is 186 Å². The van der Waals surface area contributed by atoms with Crippen LogP contribution in [0.3, 0.4) is 0 Å². The van der Waals surface area contributed by atoms with Crippen molar-refractivity contribution in [3.05, 3.63) is 41.7 Å². The smallest absolute Gasteiger partial charge is 0.412 e. The predicted octanol–water partition coefficient (Wildman–Crippen LogP) is 1.99. The van der Waals surface area contributed by atoms with Crippen LogP contribution in [-0.4, -0.2) is 70.7 Å². The predicted molar refractivity (Wildman–Crippen MR) is 110 cm³/mol. The summed E-state index contributed by atoms with van der Waals surface area (Å²) >= 11 is 1.05. The third kappa shape index (κ3) is 4.39. The number of nitrogens with two attached hydrogens (primary N) is 1. The summed E-state index contributed by atoms with van der Waals surface area (Å²) in [5.74, 6) is -1.63. The molecule has 2 aromatic rings. The number of piperazine rings is 1. The number of methoxy groups -OCH3 is 1. The number of urea groups is 1. The van der Waals surface area contributed by atoms with Gasteiger partial charge in [-0.05, 0) is 29.5 Å². The van der Waals surface area contributed by atoms with Crippen LogP contribution in [0.15, 0.2) is 29.6 Å². The summed E-state index contributed by atoms with van der Waals surface area (Å²) in [5.41, 5.74) is 5.35. The minimum atomic E-state index is -1.04. The lowest BCUT2D eigenvalue weighted by molar-refractivity contribution is 0.0690. The zero-order valence-electron chi connectivity index (χ0n) is 17.0. The Hall–Kier alpha value is -3.19. The number of hydrogen-bond donors (Lipinski definition) is 1. The highest BCUT2D eigenvalue weighted by Crippen LogP contribution is 2.46. The normalized spacial score (nSPS) is 18.4.